The number of nitrogens with one attached hydrogen (secondary N) is 1. The van der Waals surface area contributed by atoms with Crippen molar-refractivity contribution in [3.05, 3.63) is 27.6 Å². The Morgan fingerprint density at radius 1 is 1.29 bits per heavy atom. The van der Waals surface area contributed by atoms with E-state index >= 15 is 0 Å². The SMILES string of the molecule is CNC(=O)c1ccc(C2=C(C(=O)OCOC(=O)C(C)(C)C)N3C(=O)C(C(C)O)C3C2)s1. The van der Waals surface area contributed by atoms with Gasteiger partial charge in [0.15, 0.2) is 0 Å². The fourth-order valence-corrected chi connectivity index (χ4v) is 4.65. The summed E-state index contributed by atoms with van der Waals surface area (Å²) < 4.78 is 10.1. The minimum Gasteiger partial charge on any atom is -0.427 e. The highest BCUT2D eigenvalue weighted by molar-refractivity contribution is 7.15. The predicted molar refractivity (Wildman–Crippen MR) is 112 cm³/mol. The van der Waals surface area contributed by atoms with Crippen LogP contribution in [0.5, 0.6) is 0 Å². The molecule has 31 heavy (non-hydrogen) atoms. The van der Waals surface area contributed by atoms with E-state index in [0.717, 1.165) is 0 Å². The molecule has 2 N–H and O–H groups in total. The summed E-state index contributed by atoms with van der Waals surface area (Å²) in [5.41, 5.74) is -0.127. The van der Waals surface area contributed by atoms with Crippen LogP contribution in [0, 0.1) is 11.3 Å². The third kappa shape index (κ3) is 4.22. The Kier molecular flexibility index (Phi) is 6.24. The number of fused-ring (bicyclic) bond motifs is 1. The summed E-state index contributed by atoms with van der Waals surface area (Å²) in [6.07, 6.45) is -0.510. The van der Waals surface area contributed by atoms with E-state index in [1.165, 1.54) is 30.2 Å². The van der Waals surface area contributed by atoms with Crippen LogP contribution in [-0.2, 0) is 23.9 Å². The molecular formula is C21H26N2O7S. The van der Waals surface area contributed by atoms with E-state index in [0.29, 0.717) is 21.7 Å². The highest BCUT2D eigenvalue weighted by Crippen LogP contribution is 2.48. The van der Waals surface area contributed by atoms with E-state index in [2.05, 4.69) is 5.32 Å². The monoisotopic (exact) mass is 450 g/mol. The molecule has 0 aliphatic carbocycles. The van der Waals surface area contributed by atoms with Crippen molar-refractivity contribution in [1.29, 1.82) is 0 Å². The molecule has 3 unspecified atom stereocenters. The van der Waals surface area contributed by atoms with E-state index in [1.807, 2.05) is 0 Å². The number of hydrogen-bond donors (Lipinski definition) is 2. The average molecular weight is 451 g/mol. The molecule has 2 aliphatic rings. The van der Waals surface area contributed by atoms with E-state index < -0.39 is 36.2 Å². The fourth-order valence-electron chi connectivity index (χ4n) is 3.65. The van der Waals surface area contributed by atoms with Gasteiger partial charge in [-0.15, -0.1) is 11.3 Å². The summed E-state index contributed by atoms with van der Waals surface area (Å²) in [4.78, 5) is 51.8. The van der Waals surface area contributed by atoms with Gasteiger partial charge in [-0.05, 0) is 46.2 Å². The molecule has 0 spiro atoms. The Labute approximate surface area is 184 Å². The minimum absolute atomic E-state index is 0.0593. The molecule has 1 aromatic heterocycles. The van der Waals surface area contributed by atoms with Gasteiger partial charge in [0.1, 0.15) is 5.70 Å². The standard InChI is InChI=1S/C21H26N2O7S/c1-10(24)15-12-8-11(13-6-7-14(31-13)17(25)22-5)16(23(12)18(15)26)19(27)29-9-30-20(28)21(2,3)4/h6-7,10,12,15,24H,8-9H2,1-5H3,(H,22,25). The summed E-state index contributed by atoms with van der Waals surface area (Å²) in [7, 11) is 1.52. The first-order valence-electron chi connectivity index (χ1n) is 9.88. The number of hydrogen-bond acceptors (Lipinski definition) is 8. The molecule has 1 saturated heterocycles. The zero-order valence-corrected chi connectivity index (χ0v) is 18.9. The van der Waals surface area contributed by atoms with E-state index in [1.54, 1.807) is 32.9 Å². The van der Waals surface area contributed by atoms with Crippen molar-refractivity contribution in [3.63, 3.8) is 0 Å². The topological polar surface area (TPSA) is 122 Å². The summed E-state index contributed by atoms with van der Waals surface area (Å²) in [6.45, 7) is 5.99. The molecule has 1 aromatic rings. The molecule has 3 heterocycles. The van der Waals surface area contributed by atoms with Crippen molar-refractivity contribution < 1.29 is 33.8 Å². The van der Waals surface area contributed by atoms with Crippen molar-refractivity contribution in [3.8, 4) is 0 Å². The molecule has 3 atom stereocenters. The van der Waals surface area contributed by atoms with Crippen LogP contribution < -0.4 is 5.32 Å². The van der Waals surface area contributed by atoms with Crippen molar-refractivity contribution >= 4 is 40.7 Å². The lowest BCUT2D eigenvalue weighted by molar-refractivity contribution is -0.175. The van der Waals surface area contributed by atoms with Crippen molar-refractivity contribution in [2.75, 3.05) is 13.8 Å². The Bertz CT molecular complexity index is 957. The second-order valence-corrected chi connectivity index (χ2v) is 9.63. The lowest BCUT2D eigenvalue weighted by atomic mass is 9.83. The molecule has 2 amide bonds. The van der Waals surface area contributed by atoms with Crippen LogP contribution in [-0.4, -0.2) is 59.7 Å². The number of carbonyl (C=O) groups is 4. The predicted octanol–water partition coefficient (Wildman–Crippen LogP) is 1.52. The van der Waals surface area contributed by atoms with Crippen LogP contribution in [0.2, 0.25) is 0 Å². The molecule has 0 bridgehead atoms. The Morgan fingerprint density at radius 3 is 2.55 bits per heavy atom. The number of aliphatic hydroxyl groups is 1. The maximum atomic E-state index is 12.9. The number of thiophene rings is 1. The normalized spacial score (nSPS) is 21.4. The lowest BCUT2D eigenvalue weighted by Crippen LogP contribution is -2.61. The molecule has 0 saturated carbocycles. The number of carbonyl (C=O) groups excluding carboxylic acids is 4. The van der Waals surface area contributed by atoms with Crippen molar-refractivity contribution in [1.82, 2.24) is 10.2 Å². The van der Waals surface area contributed by atoms with Gasteiger partial charge in [0.2, 0.25) is 12.7 Å². The Hall–Kier alpha value is -2.72. The number of ether oxygens (including phenoxy) is 2. The Balaban J connectivity index is 1.86. The molecule has 10 heteroatoms. The quantitative estimate of drug-likeness (QED) is 0.383. The van der Waals surface area contributed by atoms with E-state index in [9.17, 15) is 24.3 Å². The molecule has 2 aliphatic heterocycles. The maximum Gasteiger partial charge on any atom is 0.358 e. The lowest BCUT2D eigenvalue weighted by Gasteiger charge is -2.44. The summed E-state index contributed by atoms with van der Waals surface area (Å²) >= 11 is 1.20. The highest BCUT2D eigenvalue weighted by Gasteiger charge is 2.57. The van der Waals surface area contributed by atoms with Crippen molar-refractivity contribution in [2.24, 2.45) is 11.3 Å². The number of aliphatic hydroxyl groups excluding tert-OH is 1. The largest absolute Gasteiger partial charge is 0.427 e. The first kappa shape index (κ1) is 23.0. The zero-order valence-electron chi connectivity index (χ0n) is 18.1. The molecule has 168 valence electrons. The zero-order chi connectivity index (χ0) is 23.1. The number of amides is 2. The molecule has 0 radical (unpaired) electrons. The second kappa shape index (κ2) is 8.43. The second-order valence-electron chi connectivity index (χ2n) is 8.55. The van der Waals surface area contributed by atoms with Gasteiger partial charge in [0.05, 0.1) is 28.4 Å². The van der Waals surface area contributed by atoms with Crippen LogP contribution in [0.4, 0.5) is 0 Å². The van der Waals surface area contributed by atoms with Gasteiger partial charge in [-0.3, -0.25) is 14.4 Å². The van der Waals surface area contributed by atoms with Crippen LogP contribution in [0.1, 0.15) is 48.7 Å². The third-order valence-electron chi connectivity index (χ3n) is 5.27. The Morgan fingerprint density at radius 2 is 1.97 bits per heavy atom. The summed E-state index contributed by atoms with van der Waals surface area (Å²) in [5.74, 6) is -2.56. The number of β-lactam (4-membered cyclic amide) rings is 1. The first-order chi connectivity index (χ1) is 14.5. The first-order valence-corrected chi connectivity index (χ1v) is 10.7. The molecule has 3 rings (SSSR count). The smallest absolute Gasteiger partial charge is 0.358 e. The van der Waals surface area contributed by atoms with Crippen LogP contribution in [0.15, 0.2) is 17.8 Å². The minimum atomic E-state index is -0.858. The van der Waals surface area contributed by atoms with Crippen LogP contribution in [0.25, 0.3) is 5.57 Å². The molecule has 1 fully saturated rings. The highest BCUT2D eigenvalue weighted by atomic mass is 32.1. The van der Waals surface area contributed by atoms with Gasteiger partial charge in [0, 0.05) is 17.5 Å². The summed E-state index contributed by atoms with van der Waals surface area (Å²) in [6, 6.07) is 2.99. The average Bonchev–Trinajstić information content (AvgIpc) is 3.28. The van der Waals surface area contributed by atoms with Gasteiger partial charge >= 0.3 is 11.9 Å². The molecule has 9 nitrogen and oxygen atoms in total. The third-order valence-corrected chi connectivity index (χ3v) is 6.41. The number of rotatable bonds is 6. The van der Waals surface area contributed by atoms with Gasteiger partial charge < -0.3 is 24.8 Å². The summed E-state index contributed by atoms with van der Waals surface area (Å²) in [5, 5.41) is 12.5. The van der Waals surface area contributed by atoms with E-state index in [4.69, 9.17) is 9.47 Å². The van der Waals surface area contributed by atoms with Crippen molar-refractivity contribution in [2.45, 2.75) is 46.3 Å². The van der Waals surface area contributed by atoms with Gasteiger partial charge in [-0.1, -0.05) is 0 Å². The molecular weight excluding hydrogens is 424 g/mol. The number of esters is 2. The van der Waals surface area contributed by atoms with Crippen LogP contribution >= 0.6 is 11.3 Å². The van der Waals surface area contributed by atoms with Gasteiger partial charge in [0.25, 0.3) is 5.91 Å². The van der Waals surface area contributed by atoms with Gasteiger partial charge in [-0.25, -0.2) is 4.79 Å². The molecule has 0 aromatic carbocycles. The van der Waals surface area contributed by atoms with Gasteiger partial charge in [-0.2, -0.15) is 0 Å². The maximum absolute atomic E-state index is 12.9. The van der Waals surface area contributed by atoms with Crippen LogP contribution in [0.3, 0.4) is 0 Å². The van der Waals surface area contributed by atoms with E-state index in [-0.39, 0.29) is 23.6 Å². The fraction of sp³-hybridized carbons (Fsp3) is 0.524. The number of nitrogens with zero attached hydrogens (tertiary/aromatic N) is 1.